The summed E-state index contributed by atoms with van der Waals surface area (Å²) < 4.78 is 5.03. The van der Waals surface area contributed by atoms with Crippen molar-refractivity contribution in [1.29, 1.82) is 0 Å². The zero-order chi connectivity index (χ0) is 20.4. The molecule has 0 aliphatic heterocycles. The van der Waals surface area contributed by atoms with Crippen LogP contribution in [0.15, 0.2) is 54.6 Å². The van der Waals surface area contributed by atoms with Gasteiger partial charge in [0.1, 0.15) is 11.8 Å². The topological polar surface area (TPSA) is 105 Å². The van der Waals surface area contributed by atoms with Crippen LogP contribution >= 0.6 is 0 Å². The van der Waals surface area contributed by atoms with Gasteiger partial charge in [0.25, 0.3) is 11.8 Å². The molecule has 148 valence electrons. The average molecular weight is 384 g/mol. The van der Waals surface area contributed by atoms with Crippen molar-refractivity contribution in [1.82, 2.24) is 10.6 Å². The van der Waals surface area contributed by atoms with Crippen molar-refractivity contribution in [2.24, 2.45) is 0 Å². The van der Waals surface area contributed by atoms with Gasteiger partial charge in [-0.3, -0.25) is 9.59 Å². The molecule has 0 spiro atoms. The molecule has 2 aromatic rings. The molecule has 0 saturated carbocycles. The average Bonchev–Trinajstić information content (AvgIpc) is 2.72. The van der Waals surface area contributed by atoms with Crippen LogP contribution in [0.4, 0.5) is 0 Å². The van der Waals surface area contributed by atoms with Gasteiger partial charge in [-0.2, -0.15) is 0 Å². The predicted molar refractivity (Wildman–Crippen MR) is 105 cm³/mol. The summed E-state index contributed by atoms with van der Waals surface area (Å²) in [5.74, 6) is -1.09. The number of benzene rings is 2. The molecule has 0 aliphatic rings. The Balaban J connectivity index is 1.75. The number of aliphatic carboxylic acids is 1. The summed E-state index contributed by atoms with van der Waals surface area (Å²) in [4.78, 5) is 35.6. The fourth-order valence-electron chi connectivity index (χ4n) is 2.61. The molecule has 3 N–H and O–H groups in total. The molecule has 28 heavy (non-hydrogen) atoms. The lowest BCUT2D eigenvalue weighted by molar-refractivity contribution is -0.139. The van der Waals surface area contributed by atoms with E-state index in [1.807, 2.05) is 6.07 Å². The molecule has 0 aromatic heterocycles. The highest BCUT2D eigenvalue weighted by Gasteiger charge is 2.20. The fraction of sp³-hybridized carbons (Fsp3) is 0.286. The Hall–Kier alpha value is -3.35. The monoisotopic (exact) mass is 384 g/mol. The Morgan fingerprint density at radius 2 is 1.57 bits per heavy atom. The van der Waals surface area contributed by atoms with Gasteiger partial charge in [-0.15, -0.1) is 0 Å². The molecule has 7 nitrogen and oxygen atoms in total. The van der Waals surface area contributed by atoms with Gasteiger partial charge in [-0.05, 0) is 55.7 Å². The summed E-state index contributed by atoms with van der Waals surface area (Å²) in [5, 5.41) is 14.7. The summed E-state index contributed by atoms with van der Waals surface area (Å²) >= 11 is 0. The van der Waals surface area contributed by atoms with E-state index in [9.17, 15) is 19.5 Å². The highest BCUT2D eigenvalue weighted by Crippen LogP contribution is 2.12. The predicted octanol–water partition coefficient (Wildman–Crippen LogP) is 2.48. The maximum atomic E-state index is 12.2. The summed E-state index contributed by atoms with van der Waals surface area (Å²) in [6.07, 6.45) is 1.44. The number of ether oxygens (including phenoxy) is 1. The lowest BCUT2D eigenvalue weighted by Crippen LogP contribution is -2.40. The number of carbonyl (C=O) groups excluding carboxylic acids is 2. The fourth-order valence-corrected chi connectivity index (χ4v) is 2.61. The number of nitrogens with one attached hydrogen (secondary N) is 2. The Morgan fingerprint density at radius 1 is 0.929 bits per heavy atom. The third-order valence-electron chi connectivity index (χ3n) is 4.20. The molecule has 2 rings (SSSR count). The molecule has 0 fully saturated rings. The summed E-state index contributed by atoms with van der Waals surface area (Å²) in [5.41, 5.74) is 0.944. The van der Waals surface area contributed by atoms with E-state index in [0.29, 0.717) is 36.3 Å². The van der Waals surface area contributed by atoms with E-state index in [0.717, 1.165) is 0 Å². The van der Waals surface area contributed by atoms with E-state index in [1.54, 1.807) is 48.5 Å². The van der Waals surface area contributed by atoms with Crippen molar-refractivity contribution in [2.75, 3.05) is 13.7 Å². The summed E-state index contributed by atoms with van der Waals surface area (Å²) in [7, 11) is 1.53. The van der Waals surface area contributed by atoms with E-state index >= 15 is 0 Å². The SMILES string of the molecule is COc1ccc(C(=O)NC(CCCCNC(=O)c2ccccc2)C(=O)O)cc1. The van der Waals surface area contributed by atoms with Crippen LogP contribution in [0.1, 0.15) is 40.0 Å². The van der Waals surface area contributed by atoms with Crippen LogP contribution in [0.5, 0.6) is 5.75 Å². The number of carboxylic acid groups (broad SMARTS) is 1. The van der Waals surface area contributed by atoms with E-state index in [1.165, 1.54) is 7.11 Å². The van der Waals surface area contributed by atoms with Crippen LogP contribution in [0.3, 0.4) is 0 Å². The van der Waals surface area contributed by atoms with E-state index < -0.39 is 17.9 Å². The van der Waals surface area contributed by atoms with Crippen molar-refractivity contribution < 1.29 is 24.2 Å². The van der Waals surface area contributed by atoms with Crippen molar-refractivity contribution in [3.05, 3.63) is 65.7 Å². The van der Waals surface area contributed by atoms with E-state index in [-0.39, 0.29) is 12.3 Å². The Morgan fingerprint density at radius 3 is 2.18 bits per heavy atom. The molecule has 7 heteroatoms. The quantitative estimate of drug-likeness (QED) is 0.546. The van der Waals surface area contributed by atoms with Gasteiger partial charge in [0.05, 0.1) is 7.11 Å². The molecule has 1 unspecified atom stereocenters. The minimum absolute atomic E-state index is 0.164. The second kappa shape index (κ2) is 10.7. The van der Waals surface area contributed by atoms with E-state index in [2.05, 4.69) is 10.6 Å². The number of methoxy groups -OCH3 is 1. The molecule has 0 bridgehead atoms. The van der Waals surface area contributed by atoms with E-state index in [4.69, 9.17) is 4.74 Å². The highest BCUT2D eigenvalue weighted by atomic mass is 16.5. The van der Waals surface area contributed by atoms with Gasteiger partial charge in [-0.1, -0.05) is 18.2 Å². The summed E-state index contributed by atoms with van der Waals surface area (Å²) in [6, 6.07) is 14.3. The third-order valence-corrected chi connectivity index (χ3v) is 4.20. The van der Waals surface area contributed by atoms with Crippen molar-refractivity contribution >= 4 is 17.8 Å². The van der Waals surface area contributed by atoms with Gasteiger partial charge in [0, 0.05) is 17.7 Å². The number of carbonyl (C=O) groups is 3. The Kier molecular flexibility index (Phi) is 8.02. The highest BCUT2D eigenvalue weighted by molar-refractivity contribution is 5.96. The zero-order valence-electron chi connectivity index (χ0n) is 15.7. The minimum Gasteiger partial charge on any atom is -0.497 e. The first kappa shape index (κ1) is 21.0. The van der Waals surface area contributed by atoms with Crippen LogP contribution in [-0.2, 0) is 4.79 Å². The molecular weight excluding hydrogens is 360 g/mol. The molecule has 0 saturated heterocycles. The van der Waals surface area contributed by atoms with Crippen molar-refractivity contribution in [3.8, 4) is 5.75 Å². The van der Waals surface area contributed by atoms with Crippen LogP contribution in [-0.4, -0.2) is 42.6 Å². The zero-order valence-corrected chi connectivity index (χ0v) is 15.7. The second-order valence-corrected chi connectivity index (χ2v) is 6.21. The maximum Gasteiger partial charge on any atom is 0.326 e. The number of hydrogen-bond acceptors (Lipinski definition) is 4. The lowest BCUT2D eigenvalue weighted by atomic mass is 10.1. The molecule has 0 radical (unpaired) electrons. The number of amides is 2. The van der Waals surface area contributed by atoms with Crippen LogP contribution in [0.25, 0.3) is 0 Å². The molecule has 1 atom stereocenters. The molecule has 0 heterocycles. The van der Waals surface area contributed by atoms with Gasteiger partial charge in [0.15, 0.2) is 0 Å². The first-order chi connectivity index (χ1) is 13.5. The number of rotatable bonds is 10. The van der Waals surface area contributed by atoms with Crippen LogP contribution in [0, 0.1) is 0 Å². The molecule has 0 aliphatic carbocycles. The normalized spacial score (nSPS) is 11.3. The minimum atomic E-state index is -1.09. The Labute approximate surface area is 163 Å². The van der Waals surface area contributed by atoms with Gasteiger partial charge >= 0.3 is 5.97 Å². The number of carboxylic acids is 1. The standard InChI is InChI=1S/C21H24N2O5/c1-28-17-12-10-16(11-13-17)20(25)23-18(21(26)27)9-5-6-14-22-19(24)15-7-3-2-4-8-15/h2-4,7-8,10-13,18H,5-6,9,14H2,1H3,(H,22,24)(H,23,25)(H,26,27). The van der Waals surface area contributed by atoms with Gasteiger partial charge in [0.2, 0.25) is 0 Å². The first-order valence-electron chi connectivity index (χ1n) is 9.02. The van der Waals surface area contributed by atoms with Crippen molar-refractivity contribution in [3.63, 3.8) is 0 Å². The van der Waals surface area contributed by atoms with Gasteiger partial charge < -0.3 is 20.5 Å². The maximum absolute atomic E-state index is 12.2. The Bertz CT molecular complexity index is 790. The smallest absolute Gasteiger partial charge is 0.326 e. The first-order valence-corrected chi connectivity index (χ1v) is 9.02. The van der Waals surface area contributed by atoms with Crippen molar-refractivity contribution in [2.45, 2.75) is 25.3 Å². The molecular formula is C21H24N2O5. The number of unbranched alkanes of at least 4 members (excludes halogenated alkanes) is 1. The van der Waals surface area contributed by atoms with Crippen LogP contribution < -0.4 is 15.4 Å². The van der Waals surface area contributed by atoms with Crippen LogP contribution in [0.2, 0.25) is 0 Å². The second-order valence-electron chi connectivity index (χ2n) is 6.21. The summed E-state index contributed by atoms with van der Waals surface area (Å²) in [6.45, 7) is 0.437. The van der Waals surface area contributed by atoms with Gasteiger partial charge in [-0.25, -0.2) is 4.79 Å². The number of hydrogen-bond donors (Lipinski definition) is 3. The molecule has 2 amide bonds. The largest absolute Gasteiger partial charge is 0.497 e. The third kappa shape index (κ3) is 6.42. The lowest BCUT2D eigenvalue weighted by Gasteiger charge is -2.15. The molecule has 2 aromatic carbocycles.